The number of amides is 3. The maximum atomic E-state index is 14.1. The number of para-hydroxylation sites is 1. The van der Waals surface area contributed by atoms with Crippen molar-refractivity contribution in [3.63, 3.8) is 0 Å². The molecule has 0 bridgehead atoms. The van der Waals surface area contributed by atoms with Crippen LogP contribution in [0.3, 0.4) is 0 Å². The van der Waals surface area contributed by atoms with Crippen LogP contribution in [0.4, 0.5) is 10.5 Å². The van der Waals surface area contributed by atoms with Gasteiger partial charge in [0.15, 0.2) is 0 Å². The van der Waals surface area contributed by atoms with Crippen LogP contribution in [0.2, 0.25) is 5.02 Å². The number of benzene rings is 3. The quantitative estimate of drug-likeness (QED) is 0.292. The van der Waals surface area contributed by atoms with Gasteiger partial charge in [0.05, 0.1) is 10.7 Å². The average molecular weight is 580 g/mol. The minimum absolute atomic E-state index is 0.0790. The van der Waals surface area contributed by atoms with Crippen LogP contribution < -0.4 is 10.6 Å². The van der Waals surface area contributed by atoms with Gasteiger partial charge in [-0.3, -0.25) is 9.59 Å². The first kappa shape index (κ1) is 31.5. The summed E-state index contributed by atoms with van der Waals surface area (Å²) in [6.07, 6.45) is -0.657. The fraction of sp³-hybridized carbons (Fsp3) is 0.344. The molecule has 2 unspecified atom stereocenters. The Morgan fingerprint density at radius 3 is 2.22 bits per heavy atom. The standard InChI is InChI=1S/C32H38ClN3O5/c1-19-11-16-24(21(3)17-19)28(29(38)35-27-20(2)9-8-10-25(27)33)36(7)30(39)26(34-31(40)41-32(4,5)6)18-22-12-14-23(37)15-13-22/h8-17,26,28,37H,18H2,1-7H3,(H,34,40)(H,35,38). The molecule has 3 N–H and O–H groups in total. The molecule has 41 heavy (non-hydrogen) atoms. The maximum absolute atomic E-state index is 14.1. The Kier molecular flexibility index (Phi) is 10.0. The molecule has 3 aromatic rings. The lowest BCUT2D eigenvalue weighted by Gasteiger charge is -2.32. The Labute approximate surface area is 246 Å². The highest BCUT2D eigenvalue weighted by Crippen LogP contribution is 2.30. The second-order valence-corrected chi connectivity index (χ2v) is 11.6. The minimum atomic E-state index is -1.07. The molecule has 3 rings (SSSR count). The van der Waals surface area contributed by atoms with E-state index in [9.17, 15) is 19.5 Å². The fourth-order valence-electron chi connectivity index (χ4n) is 4.53. The molecule has 0 aliphatic rings. The molecule has 2 atom stereocenters. The fourth-order valence-corrected chi connectivity index (χ4v) is 4.80. The molecule has 3 amide bonds. The SMILES string of the molecule is Cc1ccc(C(C(=O)Nc2c(C)cccc2Cl)N(C)C(=O)C(Cc2ccc(O)cc2)NC(=O)OC(C)(C)C)c(C)c1. The van der Waals surface area contributed by atoms with Gasteiger partial charge in [0, 0.05) is 13.5 Å². The molecular weight excluding hydrogens is 542 g/mol. The third kappa shape index (κ3) is 8.47. The molecule has 3 aromatic carbocycles. The van der Waals surface area contributed by atoms with Crippen LogP contribution in [0.5, 0.6) is 5.75 Å². The zero-order valence-corrected chi connectivity index (χ0v) is 25.3. The van der Waals surface area contributed by atoms with Gasteiger partial charge in [0.1, 0.15) is 23.4 Å². The molecule has 0 saturated carbocycles. The van der Waals surface area contributed by atoms with Crippen molar-refractivity contribution < 1.29 is 24.2 Å². The van der Waals surface area contributed by atoms with E-state index in [1.807, 2.05) is 45.0 Å². The number of aryl methyl sites for hydroxylation is 3. The van der Waals surface area contributed by atoms with E-state index in [1.165, 1.54) is 24.1 Å². The van der Waals surface area contributed by atoms with Crippen molar-refractivity contribution in [1.82, 2.24) is 10.2 Å². The number of aromatic hydroxyl groups is 1. The van der Waals surface area contributed by atoms with Gasteiger partial charge in [0.2, 0.25) is 5.91 Å². The Morgan fingerprint density at radius 2 is 1.63 bits per heavy atom. The van der Waals surface area contributed by atoms with Crippen LogP contribution in [0.15, 0.2) is 60.7 Å². The number of nitrogens with one attached hydrogen (secondary N) is 2. The van der Waals surface area contributed by atoms with Crippen LogP contribution in [0.1, 0.15) is 54.6 Å². The lowest BCUT2D eigenvalue weighted by atomic mass is 9.96. The lowest BCUT2D eigenvalue weighted by molar-refractivity contribution is -0.139. The largest absolute Gasteiger partial charge is 0.508 e. The van der Waals surface area contributed by atoms with Crippen LogP contribution in [0, 0.1) is 20.8 Å². The molecule has 8 nitrogen and oxygen atoms in total. The number of hydrogen-bond acceptors (Lipinski definition) is 5. The van der Waals surface area contributed by atoms with Gasteiger partial charge in [-0.05, 0) is 82.0 Å². The first-order valence-electron chi connectivity index (χ1n) is 13.3. The van der Waals surface area contributed by atoms with Crippen molar-refractivity contribution in [3.05, 3.63) is 93.5 Å². The summed E-state index contributed by atoms with van der Waals surface area (Å²) in [5.74, 6) is -0.875. The Balaban J connectivity index is 2.02. The van der Waals surface area contributed by atoms with E-state index in [1.54, 1.807) is 45.0 Å². The summed E-state index contributed by atoms with van der Waals surface area (Å²) >= 11 is 6.41. The number of phenols is 1. The second-order valence-electron chi connectivity index (χ2n) is 11.2. The minimum Gasteiger partial charge on any atom is -0.508 e. The number of likely N-dealkylation sites (N-methyl/N-ethyl adjacent to an activating group) is 1. The van der Waals surface area contributed by atoms with Crippen molar-refractivity contribution in [2.45, 2.75) is 65.6 Å². The predicted octanol–water partition coefficient (Wildman–Crippen LogP) is 6.25. The highest BCUT2D eigenvalue weighted by molar-refractivity contribution is 6.34. The number of ether oxygens (including phenoxy) is 1. The summed E-state index contributed by atoms with van der Waals surface area (Å²) in [4.78, 5) is 42.1. The molecular formula is C32H38ClN3O5. The third-order valence-corrected chi connectivity index (χ3v) is 6.85. The third-order valence-electron chi connectivity index (χ3n) is 6.54. The van der Waals surface area contributed by atoms with E-state index in [4.69, 9.17) is 16.3 Å². The first-order chi connectivity index (χ1) is 19.2. The van der Waals surface area contributed by atoms with Crippen molar-refractivity contribution in [1.29, 1.82) is 0 Å². The normalized spacial score (nSPS) is 12.7. The molecule has 0 aromatic heterocycles. The maximum Gasteiger partial charge on any atom is 0.408 e. The van der Waals surface area contributed by atoms with Crippen LogP contribution >= 0.6 is 11.6 Å². The number of carbonyl (C=O) groups is 3. The summed E-state index contributed by atoms with van der Waals surface area (Å²) in [5.41, 5.74) is 3.63. The highest BCUT2D eigenvalue weighted by Gasteiger charge is 2.35. The van der Waals surface area contributed by atoms with Gasteiger partial charge in [-0.25, -0.2) is 4.79 Å². The van der Waals surface area contributed by atoms with Gasteiger partial charge >= 0.3 is 6.09 Å². The van der Waals surface area contributed by atoms with Crippen molar-refractivity contribution >= 4 is 35.2 Å². The predicted molar refractivity (Wildman–Crippen MR) is 161 cm³/mol. The van der Waals surface area contributed by atoms with Crippen molar-refractivity contribution in [2.75, 3.05) is 12.4 Å². The monoisotopic (exact) mass is 579 g/mol. The lowest BCUT2D eigenvalue weighted by Crippen LogP contribution is -2.52. The zero-order valence-electron chi connectivity index (χ0n) is 24.5. The highest BCUT2D eigenvalue weighted by atomic mass is 35.5. The van der Waals surface area contributed by atoms with Crippen LogP contribution in [-0.4, -0.2) is 46.6 Å². The van der Waals surface area contributed by atoms with E-state index in [0.29, 0.717) is 21.8 Å². The number of nitrogens with zero attached hydrogens (tertiary/aromatic N) is 1. The van der Waals surface area contributed by atoms with E-state index < -0.39 is 35.6 Å². The molecule has 9 heteroatoms. The summed E-state index contributed by atoms with van der Waals surface area (Å²) in [6.45, 7) is 10.9. The zero-order chi connectivity index (χ0) is 30.5. The molecule has 0 spiro atoms. The molecule has 0 fully saturated rings. The van der Waals surface area contributed by atoms with Crippen molar-refractivity contribution in [2.24, 2.45) is 0 Å². The van der Waals surface area contributed by atoms with E-state index in [-0.39, 0.29) is 12.2 Å². The number of carbonyl (C=O) groups excluding carboxylic acids is 3. The first-order valence-corrected chi connectivity index (χ1v) is 13.7. The van der Waals surface area contributed by atoms with Gasteiger partial charge in [-0.15, -0.1) is 0 Å². The Bertz CT molecular complexity index is 1400. The Hall–Kier alpha value is -4.04. The number of hydrogen-bond donors (Lipinski definition) is 3. The summed E-state index contributed by atoms with van der Waals surface area (Å²) in [5, 5.41) is 15.7. The van der Waals surface area contributed by atoms with Crippen LogP contribution in [0.25, 0.3) is 0 Å². The summed E-state index contributed by atoms with van der Waals surface area (Å²) < 4.78 is 5.43. The number of rotatable bonds is 8. The number of phenolic OH excluding ortho intramolecular Hbond substituents is 1. The van der Waals surface area contributed by atoms with E-state index in [2.05, 4.69) is 10.6 Å². The van der Waals surface area contributed by atoms with Gasteiger partial charge in [-0.1, -0.05) is 59.6 Å². The number of alkyl carbamates (subject to hydrolysis) is 1. The molecule has 0 heterocycles. The Morgan fingerprint density at radius 1 is 0.976 bits per heavy atom. The topological polar surface area (TPSA) is 108 Å². The van der Waals surface area contributed by atoms with E-state index >= 15 is 0 Å². The molecule has 218 valence electrons. The van der Waals surface area contributed by atoms with Gasteiger partial charge in [-0.2, -0.15) is 0 Å². The second kappa shape index (κ2) is 13.1. The molecule has 0 aliphatic heterocycles. The van der Waals surface area contributed by atoms with E-state index in [0.717, 1.165) is 16.7 Å². The molecule has 0 radical (unpaired) electrons. The van der Waals surface area contributed by atoms with Gasteiger partial charge in [0.25, 0.3) is 5.91 Å². The summed E-state index contributed by atoms with van der Waals surface area (Å²) in [6, 6.07) is 15.2. The molecule has 0 aliphatic carbocycles. The smallest absolute Gasteiger partial charge is 0.408 e. The number of anilines is 1. The number of halogens is 1. The molecule has 0 saturated heterocycles. The average Bonchev–Trinajstić information content (AvgIpc) is 2.87. The van der Waals surface area contributed by atoms with Gasteiger partial charge < -0.3 is 25.4 Å². The van der Waals surface area contributed by atoms with Crippen LogP contribution in [-0.2, 0) is 20.7 Å². The van der Waals surface area contributed by atoms with Crippen molar-refractivity contribution in [3.8, 4) is 5.75 Å². The summed E-state index contributed by atoms with van der Waals surface area (Å²) in [7, 11) is 1.53.